The quantitative estimate of drug-likeness (QED) is 0.284. The topological polar surface area (TPSA) is 26.3 Å². The molecular weight excluding hydrogens is 416 g/mol. The number of carbonyl (C=O) groups excluding carboxylic acids is 1. The van der Waals surface area contributed by atoms with Crippen LogP contribution in [0.1, 0.15) is 127 Å². The Morgan fingerprint density at radius 1 is 0.853 bits per heavy atom. The zero-order valence-corrected chi connectivity index (χ0v) is 23.8. The van der Waals surface area contributed by atoms with Gasteiger partial charge in [0.2, 0.25) is 0 Å². The average molecular weight is 469 g/mol. The number of rotatable bonds is 1. The molecule has 0 aromatic heterocycles. The monoisotopic (exact) mass is 468 g/mol. The molecule has 0 N–H and O–H groups in total. The lowest BCUT2D eigenvalue weighted by Gasteiger charge is -2.71. The minimum Gasteiger partial charge on any atom is -0.462 e. The highest BCUT2D eigenvalue weighted by molar-refractivity contribution is 5.66. The van der Waals surface area contributed by atoms with Crippen molar-refractivity contribution >= 4 is 5.97 Å². The molecule has 0 spiro atoms. The standard InChI is InChI=1S/C32H52O2/c1-21(33)34-26-13-14-30(7)24(28(26,4)5)12-15-32(9)25(30)11-10-22-23-20-27(2,3)16-17-29(23,6)18-19-31(22,32)8/h10,23-26H,11-20H2,1-9H3/t23?,24?,25?,26-,29+,30-,31+,32+/m0/s1. The molecule has 5 aliphatic carbocycles. The van der Waals surface area contributed by atoms with E-state index in [1.54, 1.807) is 6.92 Å². The molecule has 192 valence electrons. The van der Waals surface area contributed by atoms with E-state index >= 15 is 0 Å². The van der Waals surface area contributed by atoms with Crippen molar-refractivity contribution in [1.82, 2.24) is 0 Å². The second kappa shape index (κ2) is 7.38. The third kappa shape index (κ3) is 3.21. The molecule has 4 fully saturated rings. The van der Waals surface area contributed by atoms with Crippen molar-refractivity contribution in [3.8, 4) is 0 Å². The Hall–Kier alpha value is -0.790. The maximum atomic E-state index is 11.9. The first-order valence-corrected chi connectivity index (χ1v) is 14.5. The van der Waals surface area contributed by atoms with Crippen LogP contribution in [0.5, 0.6) is 0 Å². The Bertz CT molecular complexity index is 897. The summed E-state index contributed by atoms with van der Waals surface area (Å²) < 4.78 is 5.91. The van der Waals surface area contributed by atoms with E-state index in [9.17, 15) is 4.79 Å². The fraction of sp³-hybridized carbons (Fsp3) is 0.906. The van der Waals surface area contributed by atoms with Gasteiger partial charge >= 0.3 is 5.97 Å². The van der Waals surface area contributed by atoms with Crippen LogP contribution in [0, 0.1) is 50.2 Å². The zero-order chi connectivity index (χ0) is 24.9. The lowest BCUT2D eigenvalue weighted by atomic mass is 9.33. The van der Waals surface area contributed by atoms with Gasteiger partial charge < -0.3 is 4.74 Å². The Kier molecular flexibility index (Phi) is 5.40. The molecule has 2 heteroatoms. The van der Waals surface area contributed by atoms with Gasteiger partial charge in [0.05, 0.1) is 0 Å². The Balaban J connectivity index is 1.53. The van der Waals surface area contributed by atoms with E-state index in [2.05, 4.69) is 61.5 Å². The van der Waals surface area contributed by atoms with Crippen molar-refractivity contribution in [2.45, 2.75) is 133 Å². The fourth-order valence-electron chi connectivity index (χ4n) is 10.9. The molecule has 0 heterocycles. The number of carbonyl (C=O) groups is 1. The Morgan fingerprint density at radius 2 is 1.53 bits per heavy atom. The number of hydrogen-bond donors (Lipinski definition) is 0. The summed E-state index contributed by atoms with van der Waals surface area (Å²) in [5, 5.41) is 0. The third-order valence-corrected chi connectivity index (χ3v) is 13.3. The Morgan fingerprint density at radius 3 is 2.21 bits per heavy atom. The maximum absolute atomic E-state index is 11.9. The van der Waals surface area contributed by atoms with Gasteiger partial charge in [-0.1, -0.05) is 67.0 Å². The van der Waals surface area contributed by atoms with Crippen LogP contribution in [-0.2, 0) is 9.53 Å². The molecule has 0 saturated heterocycles. The van der Waals surface area contributed by atoms with Crippen LogP contribution in [0.2, 0.25) is 0 Å². The van der Waals surface area contributed by atoms with Gasteiger partial charge in [-0.25, -0.2) is 0 Å². The number of allylic oxidation sites excluding steroid dienone is 2. The summed E-state index contributed by atoms with van der Waals surface area (Å²) >= 11 is 0. The van der Waals surface area contributed by atoms with Gasteiger partial charge in [0.15, 0.2) is 0 Å². The van der Waals surface area contributed by atoms with E-state index in [1.807, 2.05) is 5.57 Å². The van der Waals surface area contributed by atoms with Crippen LogP contribution in [0.4, 0.5) is 0 Å². The first-order chi connectivity index (χ1) is 15.6. The second-order valence-corrected chi connectivity index (χ2v) is 15.8. The van der Waals surface area contributed by atoms with Crippen molar-refractivity contribution in [2.24, 2.45) is 50.2 Å². The summed E-state index contributed by atoms with van der Waals surface area (Å²) in [5.41, 5.74) is 3.92. The second-order valence-electron chi connectivity index (χ2n) is 15.8. The summed E-state index contributed by atoms with van der Waals surface area (Å²) in [6, 6.07) is 0. The van der Waals surface area contributed by atoms with E-state index in [0.717, 1.165) is 18.3 Å². The number of esters is 1. The van der Waals surface area contributed by atoms with Crippen LogP contribution < -0.4 is 0 Å². The van der Waals surface area contributed by atoms with Crippen molar-refractivity contribution in [1.29, 1.82) is 0 Å². The molecule has 0 bridgehead atoms. The van der Waals surface area contributed by atoms with E-state index in [1.165, 1.54) is 57.8 Å². The molecule has 4 saturated carbocycles. The highest BCUT2D eigenvalue weighted by Gasteiger charge is 2.68. The molecule has 34 heavy (non-hydrogen) atoms. The summed E-state index contributed by atoms with van der Waals surface area (Å²) in [4.78, 5) is 11.9. The number of fused-ring (bicyclic) bond motifs is 7. The van der Waals surface area contributed by atoms with Gasteiger partial charge in [-0.15, -0.1) is 0 Å². The average Bonchev–Trinajstić information content (AvgIpc) is 2.72. The molecule has 0 aromatic carbocycles. The Labute approximate surface area is 210 Å². The smallest absolute Gasteiger partial charge is 0.302 e. The molecule has 0 aromatic rings. The molecule has 5 aliphatic rings. The molecule has 0 radical (unpaired) electrons. The highest BCUT2D eigenvalue weighted by atomic mass is 16.5. The van der Waals surface area contributed by atoms with E-state index < -0.39 is 0 Å². The molecule has 0 amide bonds. The zero-order valence-electron chi connectivity index (χ0n) is 23.8. The summed E-state index contributed by atoms with van der Waals surface area (Å²) in [5.74, 6) is 2.01. The normalized spacial score (nSPS) is 51.1. The molecule has 8 atom stereocenters. The van der Waals surface area contributed by atoms with Crippen molar-refractivity contribution in [3.05, 3.63) is 11.6 Å². The lowest BCUT2D eigenvalue weighted by Crippen LogP contribution is -2.64. The minimum atomic E-state index is -0.110. The minimum absolute atomic E-state index is 0.0451. The van der Waals surface area contributed by atoms with Crippen molar-refractivity contribution in [3.63, 3.8) is 0 Å². The first kappa shape index (κ1) is 24.9. The summed E-state index contributed by atoms with van der Waals surface area (Å²) in [6.07, 6.45) is 15.9. The van der Waals surface area contributed by atoms with Crippen LogP contribution in [0.3, 0.4) is 0 Å². The summed E-state index contributed by atoms with van der Waals surface area (Å²) in [6.45, 7) is 22.0. The van der Waals surface area contributed by atoms with Crippen LogP contribution in [-0.4, -0.2) is 12.1 Å². The third-order valence-electron chi connectivity index (χ3n) is 13.3. The molecule has 5 rings (SSSR count). The van der Waals surface area contributed by atoms with Crippen molar-refractivity contribution in [2.75, 3.05) is 0 Å². The largest absolute Gasteiger partial charge is 0.462 e. The number of ether oxygens (including phenoxy) is 1. The number of hydrogen-bond acceptors (Lipinski definition) is 2. The van der Waals surface area contributed by atoms with Crippen LogP contribution >= 0.6 is 0 Å². The van der Waals surface area contributed by atoms with E-state index in [4.69, 9.17) is 4.74 Å². The van der Waals surface area contributed by atoms with Crippen LogP contribution in [0.15, 0.2) is 11.6 Å². The van der Waals surface area contributed by atoms with Gasteiger partial charge in [0.1, 0.15) is 6.10 Å². The SMILES string of the molecule is CC(=O)O[C@H]1CC[C@@]2(C)C(CC[C@]3(C)C2CC=C2C4CC(C)(C)CC[C@]4(C)CC[C@]23C)C1(C)C. The molecular formula is C32H52O2. The molecule has 0 aliphatic heterocycles. The van der Waals surface area contributed by atoms with Gasteiger partial charge in [0, 0.05) is 12.3 Å². The predicted octanol–water partition coefficient (Wildman–Crippen LogP) is 8.74. The highest BCUT2D eigenvalue weighted by Crippen LogP contribution is 2.75. The van der Waals surface area contributed by atoms with Gasteiger partial charge in [0.25, 0.3) is 0 Å². The summed E-state index contributed by atoms with van der Waals surface area (Å²) in [7, 11) is 0. The lowest BCUT2D eigenvalue weighted by molar-refractivity contribution is -0.211. The van der Waals surface area contributed by atoms with Crippen LogP contribution in [0.25, 0.3) is 0 Å². The van der Waals surface area contributed by atoms with Crippen molar-refractivity contribution < 1.29 is 9.53 Å². The molecule has 3 unspecified atom stereocenters. The fourth-order valence-corrected chi connectivity index (χ4v) is 10.9. The van der Waals surface area contributed by atoms with Gasteiger partial charge in [-0.3, -0.25) is 4.79 Å². The van der Waals surface area contributed by atoms with E-state index in [-0.39, 0.29) is 17.5 Å². The maximum Gasteiger partial charge on any atom is 0.302 e. The first-order valence-electron chi connectivity index (χ1n) is 14.5. The van der Waals surface area contributed by atoms with Gasteiger partial charge in [-0.2, -0.15) is 0 Å². The van der Waals surface area contributed by atoms with E-state index in [0.29, 0.717) is 33.0 Å². The predicted molar refractivity (Wildman–Crippen MR) is 140 cm³/mol. The molecule has 2 nitrogen and oxygen atoms in total. The van der Waals surface area contributed by atoms with Gasteiger partial charge in [-0.05, 0) is 109 Å².